The molecule has 0 aromatic rings. The van der Waals surface area contributed by atoms with Crippen LogP contribution in [0.25, 0.3) is 0 Å². The van der Waals surface area contributed by atoms with Crippen molar-refractivity contribution in [3.05, 3.63) is 0 Å². The second kappa shape index (κ2) is 8.64. The lowest BCUT2D eigenvalue weighted by Crippen LogP contribution is -2.55. The zero-order valence-electron chi connectivity index (χ0n) is 19.6. The molecule has 0 spiro atoms. The van der Waals surface area contributed by atoms with Gasteiger partial charge in [0.2, 0.25) is 0 Å². The third kappa shape index (κ3) is 6.46. The standard InChI is InChI=1S/C22H43NO4Si/c1-10-16(19-14-25-19)15-11-12-17(23-20(24)26-21(2,3)4)18(13-15)27-28(8,9)22(5,6)7/h15-19H,10-14H2,1-9H3,(H,23,24)/t15?,16-,17+,18?,19?/m1/s1. The van der Waals surface area contributed by atoms with E-state index in [9.17, 15) is 4.79 Å². The van der Waals surface area contributed by atoms with Gasteiger partial charge in [-0.3, -0.25) is 0 Å². The molecule has 0 radical (unpaired) electrons. The average Bonchev–Trinajstić information content (AvgIpc) is 3.32. The lowest BCUT2D eigenvalue weighted by molar-refractivity contribution is 0.0249. The predicted octanol–water partition coefficient (Wildman–Crippen LogP) is 5.50. The molecule has 6 heteroatoms. The number of alkyl carbamates (subject to hydrolysis) is 1. The summed E-state index contributed by atoms with van der Waals surface area (Å²) < 4.78 is 18.0. The summed E-state index contributed by atoms with van der Waals surface area (Å²) in [5.41, 5.74) is -0.492. The summed E-state index contributed by atoms with van der Waals surface area (Å²) >= 11 is 0. The molecule has 164 valence electrons. The van der Waals surface area contributed by atoms with Gasteiger partial charge >= 0.3 is 6.09 Å². The summed E-state index contributed by atoms with van der Waals surface area (Å²) in [6.45, 7) is 20.3. The Morgan fingerprint density at radius 2 is 1.79 bits per heavy atom. The van der Waals surface area contributed by atoms with Gasteiger partial charge in [-0.05, 0) is 70.0 Å². The van der Waals surface area contributed by atoms with Crippen LogP contribution in [-0.2, 0) is 13.9 Å². The van der Waals surface area contributed by atoms with Crippen LogP contribution < -0.4 is 5.32 Å². The van der Waals surface area contributed by atoms with Crippen LogP contribution in [0.15, 0.2) is 0 Å². The Kier molecular flexibility index (Phi) is 7.31. The van der Waals surface area contributed by atoms with Crippen molar-refractivity contribution in [2.24, 2.45) is 11.8 Å². The molecule has 1 N–H and O–H groups in total. The topological polar surface area (TPSA) is 60.1 Å². The molecule has 2 aliphatic rings. The Morgan fingerprint density at radius 3 is 2.25 bits per heavy atom. The van der Waals surface area contributed by atoms with Crippen LogP contribution in [0.5, 0.6) is 0 Å². The maximum absolute atomic E-state index is 12.4. The van der Waals surface area contributed by atoms with Crippen LogP contribution in [0.3, 0.4) is 0 Å². The Balaban J connectivity index is 2.12. The van der Waals surface area contributed by atoms with Crippen molar-refractivity contribution in [1.82, 2.24) is 5.32 Å². The molecule has 5 nitrogen and oxygen atoms in total. The Labute approximate surface area is 173 Å². The second-order valence-electron chi connectivity index (χ2n) is 11.2. The Morgan fingerprint density at radius 1 is 1.18 bits per heavy atom. The average molecular weight is 414 g/mol. The molecule has 2 fully saturated rings. The molecule has 5 atom stereocenters. The normalized spacial score (nSPS) is 29.9. The monoisotopic (exact) mass is 413 g/mol. The number of epoxide rings is 1. The third-order valence-corrected chi connectivity index (χ3v) is 11.2. The van der Waals surface area contributed by atoms with Gasteiger partial charge in [-0.1, -0.05) is 34.1 Å². The molecule has 0 bridgehead atoms. The predicted molar refractivity (Wildman–Crippen MR) is 116 cm³/mol. The van der Waals surface area contributed by atoms with Gasteiger partial charge < -0.3 is 19.2 Å². The van der Waals surface area contributed by atoms with Crippen LogP contribution in [0.2, 0.25) is 18.1 Å². The summed E-state index contributed by atoms with van der Waals surface area (Å²) in [6.07, 6.45) is 4.32. The highest BCUT2D eigenvalue weighted by Crippen LogP contribution is 2.43. The van der Waals surface area contributed by atoms with E-state index in [-0.39, 0.29) is 23.3 Å². The van der Waals surface area contributed by atoms with E-state index in [0.717, 1.165) is 32.3 Å². The highest BCUT2D eigenvalue weighted by atomic mass is 28.4. The maximum Gasteiger partial charge on any atom is 0.407 e. The fraction of sp³-hybridized carbons (Fsp3) is 0.955. The van der Waals surface area contributed by atoms with Gasteiger partial charge in [-0.25, -0.2) is 4.79 Å². The largest absolute Gasteiger partial charge is 0.444 e. The first-order valence-electron chi connectivity index (χ1n) is 11.0. The number of carbonyl (C=O) groups excluding carboxylic acids is 1. The number of hydrogen-bond donors (Lipinski definition) is 1. The molecule has 1 heterocycles. The van der Waals surface area contributed by atoms with Crippen molar-refractivity contribution in [3.8, 4) is 0 Å². The number of hydrogen-bond acceptors (Lipinski definition) is 4. The fourth-order valence-electron chi connectivity index (χ4n) is 4.06. The number of amides is 1. The molecular formula is C22H43NO4Si. The minimum atomic E-state index is -1.94. The third-order valence-electron chi connectivity index (χ3n) is 6.70. The van der Waals surface area contributed by atoms with Crippen molar-refractivity contribution in [2.45, 2.75) is 116 Å². The molecule has 1 aliphatic carbocycles. The zero-order chi connectivity index (χ0) is 21.3. The van der Waals surface area contributed by atoms with E-state index in [4.69, 9.17) is 13.9 Å². The Bertz CT molecular complexity index is 534. The van der Waals surface area contributed by atoms with Gasteiger partial charge in [-0.15, -0.1) is 0 Å². The van der Waals surface area contributed by atoms with Gasteiger partial charge in [0, 0.05) is 0 Å². The van der Waals surface area contributed by atoms with Crippen molar-refractivity contribution in [3.63, 3.8) is 0 Å². The minimum Gasteiger partial charge on any atom is -0.444 e. The van der Waals surface area contributed by atoms with Crippen molar-refractivity contribution in [2.75, 3.05) is 6.61 Å². The first-order valence-corrected chi connectivity index (χ1v) is 13.9. The highest BCUT2D eigenvalue weighted by molar-refractivity contribution is 6.74. The smallest absolute Gasteiger partial charge is 0.407 e. The van der Waals surface area contributed by atoms with Gasteiger partial charge in [0.1, 0.15) is 5.60 Å². The van der Waals surface area contributed by atoms with Crippen LogP contribution in [0.1, 0.15) is 74.1 Å². The van der Waals surface area contributed by atoms with E-state index in [1.807, 2.05) is 20.8 Å². The summed E-state index contributed by atoms with van der Waals surface area (Å²) in [5.74, 6) is 1.21. The van der Waals surface area contributed by atoms with Gasteiger partial charge in [-0.2, -0.15) is 0 Å². The summed E-state index contributed by atoms with van der Waals surface area (Å²) in [7, 11) is -1.94. The van der Waals surface area contributed by atoms with Crippen molar-refractivity contribution in [1.29, 1.82) is 0 Å². The van der Waals surface area contributed by atoms with Gasteiger partial charge in [0.15, 0.2) is 8.32 Å². The van der Waals surface area contributed by atoms with Crippen molar-refractivity contribution >= 4 is 14.4 Å². The second-order valence-corrected chi connectivity index (χ2v) is 15.9. The molecular weight excluding hydrogens is 370 g/mol. The first-order chi connectivity index (χ1) is 12.7. The molecule has 3 unspecified atom stereocenters. The highest BCUT2D eigenvalue weighted by Gasteiger charge is 2.46. The SMILES string of the molecule is CC[C@H](C1CC[C@H](NC(=O)OC(C)(C)C)C(O[Si](C)(C)C(C)(C)C)C1)C1CO1. The van der Waals surface area contributed by atoms with Crippen LogP contribution >= 0.6 is 0 Å². The number of nitrogens with one attached hydrogen (secondary N) is 1. The van der Waals surface area contributed by atoms with E-state index in [1.165, 1.54) is 0 Å². The molecule has 2 rings (SSSR count). The summed E-state index contributed by atoms with van der Waals surface area (Å²) in [5, 5.41) is 3.27. The van der Waals surface area contributed by atoms with E-state index in [0.29, 0.717) is 17.9 Å². The van der Waals surface area contributed by atoms with Gasteiger partial charge in [0.05, 0.1) is 24.9 Å². The summed E-state index contributed by atoms with van der Waals surface area (Å²) in [4.78, 5) is 12.4. The molecule has 1 amide bonds. The quantitative estimate of drug-likeness (QED) is 0.462. The zero-order valence-corrected chi connectivity index (χ0v) is 20.6. The van der Waals surface area contributed by atoms with Crippen LogP contribution in [-0.4, -0.2) is 44.9 Å². The van der Waals surface area contributed by atoms with Crippen LogP contribution in [0.4, 0.5) is 4.79 Å². The molecule has 1 saturated carbocycles. The lowest BCUT2D eigenvalue weighted by atomic mass is 9.74. The molecule has 28 heavy (non-hydrogen) atoms. The van der Waals surface area contributed by atoms with E-state index < -0.39 is 13.9 Å². The minimum absolute atomic E-state index is 0.0119. The van der Waals surface area contributed by atoms with Crippen molar-refractivity contribution < 1.29 is 18.7 Å². The first kappa shape index (κ1) is 23.7. The van der Waals surface area contributed by atoms with Gasteiger partial charge in [0.25, 0.3) is 0 Å². The fourth-order valence-corrected chi connectivity index (χ4v) is 5.43. The number of rotatable bonds is 6. The van der Waals surface area contributed by atoms with E-state index in [2.05, 4.69) is 46.1 Å². The maximum atomic E-state index is 12.4. The Hall–Kier alpha value is -0.593. The summed E-state index contributed by atoms with van der Waals surface area (Å²) in [6, 6.07) is 0.0119. The van der Waals surface area contributed by atoms with E-state index in [1.54, 1.807) is 0 Å². The number of carbonyl (C=O) groups is 1. The molecule has 1 aliphatic heterocycles. The van der Waals surface area contributed by atoms with Crippen LogP contribution in [0, 0.1) is 11.8 Å². The number of ether oxygens (including phenoxy) is 2. The van der Waals surface area contributed by atoms with E-state index >= 15 is 0 Å². The molecule has 0 aromatic carbocycles. The molecule has 1 saturated heterocycles. The molecule has 0 aromatic heterocycles. The lowest BCUT2D eigenvalue weighted by Gasteiger charge is -2.45.